The molecule has 0 heterocycles. The lowest BCUT2D eigenvalue weighted by Crippen LogP contribution is -2.36. The first-order valence-electron chi connectivity index (χ1n) is 7.33. The Morgan fingerprint density at radius 2 is 1.71 bits per heavy atom. The molecule has 2 amide bonds. The Morgan fingerprint density at radius 1 is 1.04 bits per heavy atom. The van der Waals surface area contributed by atoms with Gasteiger partial charge in [0, 0.05) is 16.6 Å². The Bertz CT molecular complexity index is 728. The molecule has 124 valence electrons. The fourth-order valence-corrected chi connectivity index (χ4v) is 2.20. The third kappa shape index (κ3) is 5.33. The summed E-state index contributed by atoms with van der Waals surface area (Å²) < 4.78 is 0.916. The van der Waals surface area contributed by atoms with Gasteiger partial charge in [0.25, 0.3) is 11.8 Å². The van der Waals surface area contributed by atoms with E-state index in [4.69, 9.17) is 5.11 Å². The predicted molar refractivity (Wildman–Crippen MR) is 96.1 cm³/mol. The summed E-state index contributed by atoms with van der Waals surface area (Å²) in [5, 5.41) is 14.0. The summed E-state index contributed by atoms with van der Waals surface area (Å²) in [6.07, 6.45) is 1.58. The quantitative estimate of drug-likeness (QED) is 0.664. The molecule has 0 atom stereocenters. The Balaban J connectivity index is 2.23. The first-order valence-corrected chi connectivity index (χ1v) is 8.12. The van der Waals surface area contributed by atoms with Gasteiger partial charge in [0.2, 0.25) is 0 Å². The topological polar surface area (TPSA) is 78.4 Å². The van der Waals surface area contributed by atoms with Gasteiger partial charge in [-0.05, 0) is 35.9 Å². The number of benzene rings is 2. The molecule has 0 unspecified atom stereocenters. The van der Waals surface area contributed by atoms with Crippen LogP contribution in [0.25, 0.3) is 6.08 Å². The van der Waals surface area contributed by atoms with Crippen LogP contribution in [0, 0.1) is 0 Å². The molecule has 0 saturated carbocycles. The highest BCUT2D eigenvalue weighted by atomic mass is 79.9. The SMILES string of the molecule is O=C(NCCO)C(=Cc1ccc(Br)cc1)NC(=O)c1ccccc1. The third-order valence-electron chi connectivity index (χ3n) is 3.11. The van der Waals surface area contributed by atoms with E-state index < -0.39 is 5.91 Å². The minimum atomic E-state index is -0.462. The molecule has 0 aliphatic rings. The lowest BCUT2D eigenvalue weighted by molar-refractivity contribution is -0.117. The highest BCUT2D eigenvalue weighted by Crippen LogP contribution is 2.13. The molecule has 0 radical (unpaired) electrons. The Morgan fingerprint density at radius 3 is 2.33 bits per heavy atom. The van der Waals surface area contributed by atoms with Crippen LogP contribution in [-0.4, -0.2) is 30.1 Å². The standard InChI is InChI=1S/C18H17BrN2O3/c19-15-8-6-13(7-9-15)12-16(18(24)20-10-11-22)21-17(23)14-4-2-1-3-5-14/h1-9,12,22H,10-11H2,(H,20,24)(H,21,23). The molecule has 0 spiro atoms. The number of amides is 2. The summed E-state index contributed by atoms with van der Waals surface area (Å²) >= 11 is 3.35. The molecule has 2 rings (SSSR count). The van der Waals surface area contributed by atoms with E-state index in [1.165, 1.54) is 0 Å². The first kappa shape index (κ1) is 17.9. The van der Waals surface area contributed by atoms with Gasteiger partial charge < -0.3 is 15.7 Å². The van der Waals surface area contributed by atoms with Gasteiger partial charge >= 0.3 is 0 Å². The summed E-state index contributed by atoms with van der Waals surface area (Å²) in [5.74, 6) is -0.839. The second-order valence-corrected chi connectivity index (χ2v) is 5.82. The van der Waals surface area contributed by atoms with Crippen molar-refractivity contribution in [3.8, 4) is 0 Å². The molecular weight excluding hydrogens is 372 g/mol. The van der Waals surface area contributed by atoms with E-state index in [0.29, 0.717) is 5.56 Å². The molecule has 6 heteroatoms. The Kier molecular flexibility index (Phi) is 6.72. The molecule has 0 aliphatic carbocycles. The molecule has 2 aromatic carbocycles. The van der Waals surface area contributed by atoms with Crippen molar-refractivity contribution in [3.63, 3.8) is 0 Å². The molecule has 24 heavy (non-hydrogen) atoms. The lowest BCUT2D eigenvalue weighted by Gasteiger charge is -2.10. The summed E-state index contributed by atoms with van der Waals surface area (Å²) in [7, 11) is 0. The van der Waals surface area contributed by atoms with Crippen LogP contribution in [0.4, 0.5) is 0 Å². The van der Waals surface area contributed by atoms with E-state index in [1.54, 1.807) is 30.3 Å². The number of carbonyl (C=O) groups excluding carboxylic acids is 2. The molecule has 0 aliphatic heterocycles. The highest BCUT2D eigenvalue weighted by molar-refractivity contribution is 9.10. The normalized spacial score (nSPS) is 11.0. The van der Waals surface area contributed by atoms with Gasteiger partial charge in [-0.1, -0.05) is 46.3 Å². The molecule has 0 saturated heterocycles. The second kappa shape index (κ2) is 9.00. The summed E-state index contributed by atoms with van der Waals surface area (Å²) in [4.78, 5) is 24.5. The average molecular weight is 389 g/mol. The molecule has 5 nitrogen and oxygen atoms in total. The van der Waals surface area contributed by atoms with Crippen LogP contribution in [-0.2, 0) is 4.79 Å². The number of nitrogens with one attached hydrogen (secondary N) is 2. The molecular formula is C18H17BrN2O3. The van der Waals surface area contributed by atoms with Gasteiger partial charge in [-0.3, -0.25) is 9.59 Å². The Labute approximate surface area is 148 Å². The van der Waals surface area contributed by atoms with Crippen molar-refractivity contribution < 1.29 is 14.7 Å². The molecule has 3 N–H and O–H groups in total. The van der Waals surface area contributed by atoms with Gasteiger partial charge in [0.05, 0.1) is 6.61 Å². The van der Waals surface area contributed by atoms with E-state index in [1.807, 2.05) is 30.3 Å². The van der Waals surface area contributed by atoms with Crippen LogP contribution >= 0.6 is 15.9 Å². The fourth-order valence-electron chi connectivity index (χ4n) is 1.93. The van der Waals surface area contributed by atoms with Crippen molar-refractivity contribution in [2.45, 2.75) is 0 Å². The molecule has 0 aromatic heterocycles. The lowest BCUT2D eigenvalue weighted by atomic mass is 10.1. The monoisotopic (exact) mass is 388 g/mol. The van der Waals surface area contributed by atoms with Crippen LogP contribution in [0.3, 0.4) is 0 Å². The van der Waals surface area contributed by atoms with E-state index >= 15 is 0 Å². The number of halogens is 1. The van der Waals surface area contributed by atoms with Crippen LogP contribution in [0.1, 0.15) is 15.9 Å². The van der Waals surface area contributed by atoms with Crippen molar-refractivity contribution in [1.82, 2.24) is 10.6 Å². The highest BCUT2D eigenvalue weighted by Gasteiger charge is 2.14. The maximum absolute atomic E-state index is 12.3. The van der Waals surface area contributed by atoms with Crippen molar-refractivity contribution in [2.75, 3.05) is 13.2 Å². The number of carbonyl (C=O) groups is 2. The number of aliphatic hydroxyl groups is 1. The maximum Gasteiger partial charge on any atom is 0.267 e. The van der Waals surface area contributed by atoms with Gasteiger partial charge in [0.1, 0.15) is 5.70 Å². The van der Waals surface area contributed by atoms with Crippen LogP contribution in [0.2, 0.25) is 0 Å². The third-order valence-corrected chi connectivity index (χ3v) is 3.64. The van der Waals surface area contributed by atoms with E-state index in [0.717, 1.165) is 10.0 Å². The number of hydrogen-bond donors (Lipinski definition) is 3. The van der Waals surface area contributed by atoms with Gasteiger partial charge in [-0.15, -0.1) is 0 Å². The minimum absolute atomic E-state index is 0.109. The van der Waals surface area contributed by atoms with Gasteiger partial charge in [-0.25, -0.2) is 0 Å². The zero-order chi connectivity index (χ0) is 17.4. The van der Waals surface area contributed by atoms with E-state index in [2.05, 4.69) is 26.6 Å². The zero-order valence-electron chi connectivity index (χ0n) is 12.8. The minimum Gasteiger partial charge on any atom is -0.395 e. The number of aliphatic hydroxyl groups excluding tert-OH is 1. The van der Waals surface area contributed by atoms with E-state index in [9.17, 15) is 9.59 Å². The summed E-state index contributed by atoms with van der Waals surface area (Å²) in [6, 6.07) is 16.0. The maximum atomic E-state index is 12.3. The van der Waals surface area contributed by atoms with Crippen LogP contribution < -0.4 is 10.6 Å². The fraction of sp³-hybridized carbons (Fsp3) is 0.111. The number of hydrogen-bond acceptors (Lipinski definition) is 3. The molecule has 2 aromatic rings. The summed E-state index contributed by atoms with van der Waals surface area (Å²) in [6.45, 7) is -0.0678. The van der Waals surface area contributed by atoms with Crippen molar-refractivity contribution in [2.24, 2.45) is 0 Å². The first-order chi connectivity index (χ1) is 11.6. The molecule has 0 bridgehead atoms. The largest absolute Gasteiger partial charge is 0.395 e. The smallest absolute Gasteiger partial charge is 0.267 e. The second-order valence-electron chi connectivity index (χ2n) is 4.91. The van der Waals surface area contributed by atoms with Gasteiger partial charge in [0.15, 0.2) is 0 Å². The predicted octanol–water partition coefficient (Wildman–Crippen LogP) is 2.33. The number of rotatable bonds is 6. The van der Waals surface area contributed by atoms with Crippen molar-refractivity contribution >= 4 is 33.8 Å². The Hall–Kier alpha value is -2.44. The molecule has 0 fully saturated rings. The van der Waals surface area contributed by atoms with E-state index in [-0.39, 0.29) is 24.8 Å². The average Bonchev–Trinajstić information content (AvgIpc) is 2.61. The van der Waals surface area contributed by atoms with Crippen molar-refractivity contribution in [1.29, 1.82) is 0 Å². The van der Waals surface area contributed by atoms with Crippen LogP contribution in [0.5, 0.6) is 0 Å². The van der Waals surface area contributed by atoms with Crippen molar-refractivity contribution in [3.05, 3.63) is 75.9 Å². The summed E-state index contributed by atoms with van der Waals surface area (Å²) in [5.41, 5.74) is 1.33. The van der Waals surface area contributed by atoms with Crippen LogP contribution in [0.15, 0.2) is 64.8 Å². The van der Waals surface area contributed by atoms with Gasteiger partial charge in [-0.2, -0.15) is 0 Å². The zero-order valence-corrected chi connectivity index (χ0v) is 14.4.